The van der Waals surface area contributed by atoms with Crippen LogP contribution in [0.4, 0.5) is 33.3 Å². The van der Waals surface area contributed by atoms with Crippen molar-refractivity contribution in [1.29, 1.82) is 0 Å². The van der Waals surface area contributed by atoms with Gasteiger partial charge in [-0.05, 0) is 29.8 Å². The maximum Gasteiger partial charge on any atom is 0.370 e. The average Bonchev–Trinajstić information content (AvgIpc) is 3.48. The number of hydrazone groups is 1. The molecule has 0 saturated carbocycles. The van der Waals surface area contributed by atoms with Gasteiger partial charge in [0.25, 0.3) is 0 Å². The Bertz CT molecular complexity index is 1730. The van der Waals surface area contributed by atoms with Gasteiger partial charge in [-0.15, -0.1) is 18.8 Å². The number of hydrogen-bond donors (Lipinski definition) is 0. The standard InChI is InChI=1S/C21H14F3N3.C13H11F2N2.Pt/c22-21(23,24)17-11-13-19(14-12-17)27-15-26(18-9-5-2-6-10-18)20(25-27)16-7-3-1-4-8-16;1-8(2)9-5-6-16-11(7-9)10-3-4-12(14)17-13(10)15;/h1-13,15H;4-8H,1-2H3;/q-2;-1;. The van der Waals surface area contributed by atoms with E-state index in [0.717, 1.165) is 35.0 Å². The van der Waals surface area contributed by atoms with E-state index in [4.69, 9.17) is 0 Å². The summed E-state index contributed by atoms with van der Waals surface area (Å²) in [4.78, 5) is 9.06. The number of benzene rings is 3. The summed E-state index contributed by atoms with van der Waals surface area (Å²) in [7, 11) is 0. The number of aromatic nitrogens is 2. The fourth-order valence-electron chi connectivity index (χ4n) is 4.25. The quantitative estimate of drug-likeness (QED) is 0.102. The van der Waals surface area contributed by atoms with Gasteiger partial charge in [0, 0.05) is 38.5 Å². The molecule has 0 saturated heterocycles. The molecule has 0 atom stereocenters. The Morgan fingerprint density at radius 3 is 2.13 bits per heavy atom. The van der Waals surface area contributed by atoms with Crippen LogP contribution < -0.4 is 9.91 Å². The molecular formula is C34H25F5N5Pt-3. The van der Waals surface area contributed by atoms with E-state index in [1.54, 1.807) is 18.9 Å². The largest absolute Gasteiger partial charge is 0.456 e. The molecule has 0 radical (unpaired) electrons. The molecular weight excluding hydrogens is 768 g/mol. The van der Waals surface area contributed by atoms with E-state index in [9.17, 15) is 22.0 Å². The van der Waals surface area contributed by atoms with Crippen molar-refractivity contribution in [1.82, 2.24) is 9.97 Å². The Hall–Kier alpha value is -4.43. The van der Waals surface area contributed by atoms with Crippen molar-refractivity contribution in [2.24, 2.45) is 5.10 Å². The van der Waals surface area contributed by atoms with Crippen LogP contribution in [0.5, 0.6) is 0 Å². The second-order valence-corrected chi connectivity index (χ2v) is 9.93. The summed E-state index contributed by atoms with van der Waals surface area (Å²) in [6, 6.07) is 32.4. The number of para-hydroxylation sites is 1. The summed E-state index contributed by atoms with van der Waals surface area (Å²) in [6.07, 6.45) is -2.79. The van der Waals surface area contributed by atoms with Crippen LogP contribution in [0.2, 0.25) is 0 Å². The zero-order valence-electron chi connectivity index (χ0n) is 23.9. The van der Waals surface area contributed by atoms with Crippen molar-refractivity contribution in [3.63, 3.8) is 0 Å². The van der Waals surface area contributed by atoms with Crippen molar-refractivity contribution in [3.05, 3.63) is 151 Å². The SMILES string of the molecule is CC(C)c1ccnc(-c2[c-]cc(F)nc2F)c1.FC(F)(F)c1c[c-]c(N2[CH-]N(c3ccccc3)C(c3ccccc3)=N2)cc1.[Pt]. The zero-order valence-corrected chi connectivity index (χ0v) is 26.2. The van der Waals surface area contributed by atoms with Crippen LogP contribution in [0.3, 0.4) is 0 Å². The summed E-state index contributed by atoms with van der Waals surface area (Å²) in [5.41, 5.74) is 3.02. The summed E-state index contributed by atoms with van der Waals surface area (Å²) in [5, 5.41) is 6.11. The van der Waals surface area contributed by atoms with E-state index in [0.29, 0.717) is 23.1 Å². The first-order valence-corrected chi connectivity index (χ1v) is 13.5. The number of nitrogens with zero attached hydrogens (tertiary/aromatic N) is 5. The van der Waals surface area contributed by atoms with Gasteiger partial charge in [0.2, 0.25) is 0 Å². The minimum absolute atomic E-state index is 0. The Morgan fingerprint density at radius 2 is 1.53 bits per heavy atom. The van der Waals surface area contributed by atoms with Gasteiger partial charge < -0.3 is 14.9 Å². The summed E-state index contributed by atoms with van der Waals surface area (Å²) < 4.78 is 64.5. The summed E-state index contributed by atoms with van der Waals surface area (Å²) >= 11 is 0. The smallest absolute Gasteiger partial charge is 0.370 e. The number of alkyl halides is 3. The molecule has 0 bridgehead atoms. The molecule has 1 aliphatic heterocycles. The van der Waals surface area contributed by atoms with Crippen LogP contribution in [-0.2, 0) is 27.2 Å². The van der Waals surface area contributed by atoms with Crippen LogP contribution >= 0.6 is 0 Å². The molecule has 0 N–H and O–H groups in total. The third-order valence-corrected chi connectivity index (χ3v) is 6.55. The van der Waals surface area contributed by atoms with E-state index in [1.807, 2.05) is 85.5 Å². The van der Waals surface area contributed by atoms with Gasteiger partial charge >= 0.3 is 6.18 Å². The number of anilines is 2. The predicted octanol–water partition coefficient (Wildman–Crippen LogP) is 8.66. The second kappa shape index (κ2) is 14.6. The molecule has 45 heavy (non-hydrogen) atoms. The van der Waals surface area contributed by atoms with Gasteiger partial charge in [-0.2, -0.15) is 36.5 Å². The maximum atomic E-state index is 13.4. The molecule has 0 fully saturated rings. The van der Waals surface area contributed by atoms with Crippen LogP contribution in [0.25, 0.3) is 11.3 Å². The minimum Gasteiger partial charge on any atom is -0.456 e. The van der Waals surface area contributed by atoms with Crippen LogP contribution in [0.15, 0.2) is 108 Å². The first kappa shape index (κ1) is 33.5. The molecule has 234 valence electrons. The Balaban J connectivity index is 0.000000222. The molecule has 0 amide bonds. The van der Waals surface area contributed by atoms with Gasteiger partial charge in [0.1, 0.15) is 17.7 Å². The molecule has 2 aromatic heterocycles. The number of hydrogen-bond acceptors (Lipinski definition) is 5. The summed E-state index contributed by atoms with van der Waals surface area (Å²) in [5.74, 6) is -0.784. The van der Waals surface area contributed by atoms with Crippen LogP contribution in [0, 0.1) is 30.7 Å². The van der Waals surface area contributed by atoms with E-state index in [2.05, 4.69) is 27.2 Å². The number of halogens is 5. The monoisotopic (exact) mass is 793 g/mol. The van der Waals surface area contributed by atoms with E-state index < -0.39 is 23.6 Å². The maximum absolute atomic E-state index is 13.4. The molecule has 0 aliphatic carbocycles. The Labute approximate surface area is 272 Å². The van der Waals surface area contributed by atoms with Gasteiger partial charge in [-0.1, -0.05) is 96.9 Å². The first-order chi connectivity index (χ1) is 21.1. The topological polar surface area (TPSA) is 44.6 Å². The van der Waals surface area contributed by atoms with Gasteiger partial charge in [-0.3, -0.25) is 4.98 Å². The molecule has 5 aromatic rings. The zero-order chi connectivity index (χ0) is 31.3. The molecule has 3 heterocycles. The summed E-state index contributed by atoms with van der Waals surface area (Å²) in [6.45, 7) is 5.79. The van der Waals surface area contributed by atoms with E-state index in [1.165, 1.54) is 11.1 Å². The normalized spacial score (nSPS) is 12.8. The van der Waals surface area contributed by atoms with E-state index in [-0.39, 0.29) is 26.6 Å². The molecule has 1 aliphatic rings. The average molecular weight is 794 g/mol. The minimum atomic E-state index is -4.39. The van der Waals surface area contributed by atoms with Crippen molar-refractivity contribution < 1.29 is 43.0 Å². The molecule has 0 unspecified atom stereocenters. The third-order valence-electron chi connectivity index (χ3n) is 6.55. The number of amidine groups is 1. The van der Waals surface area contributed by atoms with Crippen molar-refractivity contribution in [3.8, 4) is 11.3 Å². The van der Waals surface area contributed by atoms with Crippen LogP contribution in [-0.4, -0.2) is 15.8 Å². The molecule has 3 aromatic carbocycles. The predicted molar refractivity (Wildman–Crippen MR) is 159 cm³/mol. The Morgan fingerprint density at radius 1 is 0.844 bits per heavy atom. The molecule has 5 nitrogen and oxygen atoms in total. The number of pyridine rings is 2. The van der Waals surface area contributed by atoms with E-state index >= 15 is 0 Å². The third kappa shape index (κ3) is 8.19. The number of rotatable bonds is 5. The van der Waals surface area contributed by atoms with Crippen LogP contribution in [0.1, 0.15) is 36.5 Å². The van der Waals surface area contributed by atoms with Gasteiger partial charge in [0.15, 0.2) is 0 Å². The Kier molecular flexibility index (Phi) is 10.8. The second-order valence-electron chi connectivity index (χ2n) is 9.93. The van der Waals surface area contributed by atoms with Gasteiger partial charge in [-0.25, -0.2) is 8.78 Å². The fourth-order valence-corrected chi connectivity index (χ4v) is 4.25. The molecule has 0 spiro atoms. The van der Waals surface area contributed by atoms with Crippen molar-refractivity contribution >= 4 is 17.2 Å². The van der Waals surface area contributed by atoms with Crippen molar-refractivity contribution in [2.75, 3.05) is 9.91 Å². The van der Waals surface area contributed by atoms with Gasteiger partial charge in [0.05, 0.1) is 0 Å². The van der Waals surface area contributed by atoms with Crippen molar-refractivity contribution in [2.45, 2.75) is 25.9 Å². The first-order valence-electron chi connectivity index (χ1n) is 13.5. The molecule has 6 rings (SSSR count). The fraction of sp³-hybridized carbons (Fsp3) is 0.118. The molecule has 11 heteroatoms.